The van der Waals surface area contributed by atoms with Crippen molar-refractivity contribution in [3.63, 3.8) is 0 Å². The zero-order valence-corrected chi connectivity index (χ0v) is 14.1. The third-order valence-electron chi connectivity index (χ3n) is 4.16. The molecular weight excluding hydrogens is 308 g/mol. The van der Waals surface area contributed by atoms with Crippen LogP contribution in [0.4, 0.5) is 5.69 Å². The Balaban J connectivity index is 1.63. The summed E-state index contributed by atoms with van der Waals surface area (Å²) in [5.74, 6) is 0. The van der Waals surface area contributed by atoms with Gasteiger partial charge in [-0.25, -0.2) is 13.1 Å². The molecule has 122 valence electrons. The Morgan fingerprint density at radius 2 is 1.96 bits per heavy atom. The van der Waals surface area contributed by atoms with Crippen LogP contribution in [0.5, 0.6) is 0 Å². The smallest absolute Gasteiger partial charge is 0.240 e. The van der Waals surface area contributed by atoms with Crippen LogP contribution in [0, 0.1) is 0 Å². The molecule has 5 heteroatoms. The second-order valence-electron chi connectivity index (χ2n) is 6.04. The summed E-state index contributed by atoms with van der Waals surface area (Å²) in [6.07, 6.45) is 2.51. The Morgan fingerprint density at radius 3 is 2.74 bits per heavy atom. The van der Waals surface area contributed by atoms with E-state index in [-0.39, 0.29) is 6.04 Å². The van der Waals surface area contributed by atoms with Crippen molar-refractivity contribution in [3.05, 3.63) is 59.7 Å². The topological polar surface area (TPSA) is 58.2 Å². The van der Waals surface area contributed by atoms with Crippen molar-refractivity contribution in [2.24, 2.45) is 0 Å². The summed E-state index contributed by atoms with van der Waals surface area (Å²) in [5.41, 5.74) is 3.34. The number of sulfonamides is 1. The van der Waals surface area contributed by atoms with Crippen LogP contribution < -0.4 is 10.0 Å². The van der Waals surface area contributed by atoms with E-state index in [2.05, 4.69) is 22.2 Å². The Bertz CT molecular complexity index is 773. The predicted molar refractivity (Wildman–Crippen MR) is 93.2 cm³/mol. The lowest BCUT2D eigenvalue weighted by Crippen LogP contribution is -2.33. The summed E-state index contributed by atoms with van der Waals surface area (Å²) in [7, 11) is -3.46. The third-order valence-corrected chi connectivity index (χ3v) is 5.75. The predicted octanol–water partition coefficient (Wildman–Crippen LogP) is 2.95. The molecule has 1 aliphatic rings. The van der Waals surface area contributed by atoms with Gasteiger partial charge in [-0.2, -0.15) is 0 Å². The van der Waals surface area contributed by atoms with Crippen molar-refractivity contribution < 1.29 is 8.42 Å². The van der Waals surface area contributed by atoms with Gasteiger partial charge in [0.15, 0.2) is 0 Å². The lowest BCUT2D eigenvalue weighted by atomic mass is 10.1. The molecule has 23 heavy (non-hydrogen) atoms. The van der Waals surface area contributed by atoms with E-state index in [1.165, 1.54) is 5.56 Å². The molecule has 1 aliphatic heterocycles. The fourth-order valence-corrected chi connectivity index (χ4v) is 4.20. The van der Waals surface area contributed by atoms with Crippen LogP contribution in [0.3, 0.4) is 0 Å². The average molecular weight is 330 g/mol. The molecule has 0 fully saturated rings. The van der Waals surface area contributed by atoms with Crippen LogP contribution in [0.25, 0.3) is 0 Å². The quantitative estimate of drug-likeness (QED) is 0.856. The average Bonchev–Trinajstić information content (AvgIpc) is 3.01. The third kappa shape index (κ3) is 3.92. The Morgan fingerprint density at radius 1 is 1.17 bits per heavy atom. The normalized spacial score (nSPS) is 15.0. The zero-order valence-electron chi connectivity index (χ0n) is 13.2. The molecular formula is C18H22N2O2S. The van der Waals surface area contributed by atoms with Gasteiger partial charge in [0.05, 0.1) is 4.90 Å². The number of fused-ring (bicyclic) bond motifs is 1. The highest BCUT2D eigenvalue weighted by Crippen LogP contribution is 2.25. The van der Waals surface area contributed by atoms with E-state index in [4.69, 9.17) is 0 Å². The van der Waals surface area contributed by atoms with Gasteiger partial charge in [0.25, 0.3) is 0 Å². The first-order chi connectivity index (χ1) is 11.0. The second-order valence-corrected chi connectivity index (χ2v) is 7.76. The number of aryl methyl sites for hydroxylation is 1. The Kier molecular flexibility index (Phi) is 4.68. The van der Waals surface area contributed by atoms with Gasteiger partial charge in [-0.1, -0.05) is 30.3 Å². The maximum absolute atomic E-state index is 12.5. The van der Waals surface area contributed by atoms with Gasteiger partial charge in [0, 0.05) is 18.3 Å². The van der Waals surface area contributed by atoms with Crippen molar-refractivity contribution in [2.45, 2.75) is 37.1 Å². The zero-order chi connectivity index (χ0) is 16.3. The van der Waals surface area contributed by atoms with Gasteiger partial charge in [0.1, 0.15) is 0 Å². The van der Waals surface area contributed by atoms with Crippen molar-refractivity contribution >= 4 is 15.7 Å². The van der Waals surface area contributed by atoms with Crippen LogP contribution in [0.1, 0.15) is 24.5 Å². The van der Waals surface area contributed by atoms with E-state index < -0.39 is 10.0 Å². The van der Waals surface area contributed by atoms with Crippen molar-refractivity contribution in [1.82, 2.24) is 4.72 Å². The van der Waals surface area contributed by atoms with Gasteiger partial charge < -0.3 is 5.32 Å². The molecule has 2 aromatic carbocycles. The number of rotatable bonds is 6. The SMILES string of the molecule is C[C@H](CCc1ccccc1)NS(=O)(=O)c1ccc2c(c1)CCN2. The maximum atomic E-state index is 12.5. The highest BCUT2D eigenvalue weighted by atomic mass is 32.2. The minimum Gasteiger partial charge on any atom is -0.384 e. The summed E-state index contributed by atoms with van der Waals surface area (Å²) < 4.78 is 27.8. The number of anilines is 1. The van der Waals surface area contributed by atoms with E-state index in [1.54, 1.807) is 12.1 Å². The molecule has 0 amide bonds. The molecule has 4 nitrogen and oxygen atoms in total. The summed E-state index contributed by atoms with van der Waals surface area (Å²) in [6.45, 7) is 2.79. The summed E-state index contributed by atoms with van der Waals surface area (Å²) in [4.78, 5) is 0.353. The molecule has 3 rings (SSSR count). The van der Waals surface area contributed by atoms with E-state index in [0.717, 1.165) is 37.1 Å². The first-order valence-electron chi connectivity index (χ1n) is 7.98. The lowest BCUT2D eigenvalue weighted by molar-refractivity contribution is 0.547. The molecule has 1 atom stereocenters. The van der Waals surface area contributed by atoms with E-state index >= 15 is 0 Å². The van der Waals surface area contributed by atoms with Gasteiger partial charge >= 0.3 is 0 Å². The van der Waals surface area contributed by atoms with Gasteiger partial charge in [-0.15, -0.1) is 0 Å². The summed E-state index contributed by atoms with van der Waals surface area (Å²) in [5, 5.41) is 3.24. The molecule has 0 aliphatic carbocycles. The molecule has 0 spiro atoms. The van der Waals surface area contributed by atoms with Gasteiger partial charge in [0.2, 0.25) is 10.0 Å². The highest BCUT2D eigenvalue weighted by Gasteiger charge is 2.20. The van der Waals surface area contributed by atoms with Gasteiger partial charge in [-0.05, 0) is 55.5 Å². The number of hydrogen-bond acceptors (Lipinski definition) is 3. The standard InChI is InChI=1S/C18H22N2O2S/c1-14(7-8-15-5-3-2-4-6-15)20-23(21,22)17-9-10-18-16(13-17)11-12-19-18/h2-6,9-10,13-14,19-20H,7-8,11-12H2,1H3/t14-/m1/s1. The van der Waals surface area contributed by atoms with Crippen LogP contribution in [-0.4, -0.2) is 21.0 Å². The molecule has 0 aromatic heterocycles. The van der Waals surface area contributed by atoms with E-state index in [0.29, 0.717) is 4.90 Å². The van der Waals surface area contributed by atoms with Crippen LogP contribution >= 0.6 is 0 Å². The van der Waals surface area contributed by atoms with E-state index in [1.807, 2.05) is 31.2 Å². The molecule has 0 radical (unpaired) electrons. The van der Waals surface area contributed by atoms with Crippen LogP contribution in [-0.2, 0) is 22.9 Å². The van der Waals surface area contributed by atoms with E-state index in [9.17, 15) is 8.42 Å². The molecule has 2 N–H and O–H groups in total. The van der Waals surface area contributed by atoms with Crippen LogP contribution in [0.2, 0.25) is 0 Å². The summed E-state index contributed by atoms with van der Waals surface area (Å²) >= 11 is 0. The molecule has 0 saturated carbocycles. The first-order valence-corrected chi connectivity index (χ1v) is 9.46. The lowest BCUT2D eigenvalue weighted by Gasteiger charge is -2.15. The monoisotopic (exact) mass is 330 g/mol. The Labute approximate surface area is 138 Å². The molecule has 2 aromatic rings. The summed E-state index contributed by atoms with van der Waals surface area (Å²) in [6, 6.07) is 15.3. The molecule has 1 heterocycles. The van der Waals surface area contributed by atoms with Crippen molar-refractivity contribution in [1.29, 1.82) is 0 Å². The second kappa shape index (κ2) is 6.72. The highest BCUT2D eigenvalue weighted by molar-refractivity contribution is 7.89. The number of benzene rings is 2. The fourth-order valence-electron chi connectivity index (χ4n) is 2.87. The van der Waals surface area contributed by atoms with Crippen molar-refractivity contribution in [2.75, 3.05) is 11.9 Å². The first kappa shape index (κ1) is 16.0. The molecule has 0 bridgehead atoms. The number of hydrogen-bond donors (Lipinski definition) is 2. The minimum atomic E-state index is -3.46. The minimum absolute atomic E-state index is 0.105. The van der Waals surface area contributed by atoms with Gasteiger partial charge in [-0.3, -0.25) is 0 Å². The fraction of sp³-hybridized carbons (Fsp3) is 0.333. The Hall–Kier alpha value is -1.85. The largest absolute Gasteiger partial charge is 0.384 e. The molecule has 0 unspecified atom stereocenters. The number of nitrogens with one attached hydrogen (secondary N) is 2. The molecule has 0 saturated heterocycles. The van der Waals surface area contributed by atoms with Crippen LogP contribution in [0.15, 0.2) is 53.4 Å². The van der Waals surface area contributed by atoms with Crippen molar-refractivity contribution in [3.8, 4) is 0 Å². The maximum Gasteiger partial charge on any atom is 0.240 e.